The van der Waals surface area contributed by atoms with Crippen LogP contribution in [0.3, 0.4) is 0 Å². The van der Waals surface area contributed by atoms with Gasteiger partial charge in [0, 0.05) is 25.5 Å². The molecule has 1 aromatic heterocycles. The zero-order valence-electron chi connectivity index (χ0n) is 10.0. The van der Waals surface area contributed by atoms with Gasteiger partial charge in [-0.2, -0.15) is 0 Å². The first kappa shape index (κ1) is 12.4. The maximum atomic E-state index is 12.3. The number of carbonyl (C=O) groups excluding carboxylic acids is 1. The monoisotopic (exact) mass is 252 g/mol. The molecular formula is C13H17ClN2O. The van der Waals surface area contributed by atoms with Crippen LogP contribution in [-0.4, -0.2) is 28.9 Å². The minimum Gasteiger partial charge on any atom is -0.339 e. The molecule has 0 aliphatic heterocycles. The normalized spacial score (nSPS) is 15.4. The molecule has 1 aromatic rings. The molecule has 4 heteroatoms. The summed E-state index contributed by atoms with van der Waals surface area (Å²) >= 11 is 5.99. The summed E-state index contributed by atoms with van der Waals surface area (Å²) in [7, 11) is 0. The van der Waals surface area contributed by atoms with E-state index in [2.05, 4.69) is 4.98 Å². The highest BCUT2D eigenvalue weighted by Gasteiger charge is 2.24. The largest absolute Gasteiger partial charge is 0.339 e. The summed E-state index contributed by atoms with van der Waals surface area (Å²) < 4.78 is 0. The van der Waals surface area contributed by atoms with Gasteiger partial charge in [-0.15, -0.1) is 0 Å². The molecule has 0 radical (unpaired) electrons. The fraction of sp³-hybridized carbons (Fsp3) is 0.538. The molecule has 0 spiro atoms. The van der Waals surface area contributed by atoms with Crippen molar-refractivity contribution in [2.24, 2.45) is 5.92 Å². The maximum absolute atomic E-state index is 12.3. The Morgan fingerprint density at radius 3 is 2.88 bits per heavy atom. The lowest BCUT2D eigenvalue weighted by molar-refractivity contribution is 0.0706. The third-order valence-electron chi connectivity index (χ3n) is 3.38. The molecule has 1 saturated carbocycles. The van der Waals surface area contributed by atoms with E-state index < -0.39 is 0 Å². The second-order valence-corrected chi connectivity index (χ2v) is 4.90. The van der Waals surface area contributed by atoms with E-state index in [0.717, 1.165) is 13.1 Å². The molecule has 0 atom stereocenters. The molecule has 0 bridgehead atoms. The number of amides is 1. The van der Waals surface area contributed by atoms with Gasteiger partial charge in [0.15, 0.2) is 0 Å². The van der Waals surface area contributed by atoms with Crippen LogP contribution in [0.2, 0.25) is 5.02 Å². The zero-order valence-corrected chi connectivity index (χ0v) is 10.8. The summed E-state index contributed by atoms with van der Waals surface area (Å²) in [6.07, 6.45) is 6.91. The van der Waals surface area contributed by atoms with E-state index in [1.165, 1.54) is 25.5 Å². The highest BCUT2D eigenvalue weighted by molar-refractivity contribution is 6.33. The summed E-state index contributed by atoms with van der Waals surface area (Å²) in [4.78, 5) is 18.1. The first-order valence-electron chi connectivity index (χ1n) is 6.11. The van der Waals surface area contributed by atoms with Crippen LogP contribution in [0.5, 0.6) is 0 Å². The summed E-state index contributed by atoms with van der Waals surface area (Å²) in [6, 6.07) is 1.69. The molecule has 0 N–H and O–H groups in total. The fourth-order valence-corrected chi connectivity index (χ4v) is 2.26. The number of halogens is 1. The topological polar surface area (TPSA) is 33.2 Å². The van der Waals surface area contributed by atoms with Crippen molar-refractivity contribution in [1.82, 2.24) is 9.88 Å². The first-order valence-corrected chi connectivity index (χ1v) is 6.49. The van der Waals surface area contributed by atoms with Crippen molar-refractivity contribution in [2.45, 2.75) is 26.2 Å². The van der Waals surface area contributed by atoms with Gasteiger partial charge in [-0.05, 0) is 31.7 Å². The van der Waals surface area contributed by atoms with Crippen molar-refractivity contribution in [3.63, 3.8) is 0 Å². The minimum absolute atomic E-state index is 0.0202. The molecule has 0 aromatic carbocycles. The molecule has 1 amide bonds. The average Bonchev–Trinajstić information content (AvgIpc) is 2.28. The van der Waals surface area contributed by atoms with Crippen molar-refractivity contribution in [3.8, 4) is 0 Å². The van der Waals surface area contributed by atoms with E-state index in [9.17, 15) is 4.79 Å². The Kier molecular flexibility index (Phi) is 4.00. The van der Waals surface area contributed by atoms with Crippen LogP contribution >= 0.6 is 11.6 Å². The second-order valence-electron chi connectivity index (χ2n) is 4.50. The molecule has 1 aliphatic carbocycles. The lowest BCUT2D eigenvalue weighted by Gasteiger charge is -2.32. The van der Waals surface area contributed by atoms with Crippen molar-refractivity contribution in [1.29, 1.82) is 0 Å². The predicted molar refractivity (Wildman–Crippen MR) is 68.2 cm³/mol. The standard InChI is InChI=1S/C13H17ClN2O/c1-2-16(9-10-4-3-5-10)13(17)11-6-7-15-8-12(11)14/h6-8,10H,2-5,9H2,1H3. The number of aromatic nitrogens is 1. The Bertz CT molecular complexity index is 404. The first-order chi connectivity index (χ1) is 8.22. The Labute approximate surface area is 107 Å². The second kappa shape index (κ2) is 5.50. The summed E-state index contributed by atoms with van der Waals surface area (Å²) in [6.45, 7) is 3.59. The zero-order chi connectivity index (χ0) is 12.3. The van der Waals surface area contributed by atoms with Gasteiger partial charge >= 0.3 is 0 Å². The molecular weight excluding hydrogens is 236 g/mol. The van der Waals surface area contributed by atoms with Gasteiger partial charge in [-0.3, -0.25) is 9.78 Å². The van der Waals surface area contributed by atoms with Crippen molar-refractivity contribution < 1.29 is 4.79 Å². The quantitative estimate of drug-likeness (QED) is 0.825. The van der Waals surface area contributed by atoms with Crippen LogP contribution in [0.1, 0.15) is 36.5 Å². The molecule has 1 heterocycles. The van der Waals surface area contributed by atoms with Gasteiger partial charge in [-0.1, -0.05) is 18.0 Å². The van der Waals surface area contributed by atoms with E-state index in [-0.39, 0.29) is 5.91 Å². The van der Waals surface area contributed by atoms with Gasteiger partial charge in [-0.25, -0.2) is 0 Å². The van der Waals surface area contributed by atoms with E-state index in [1.54, 1.807) is 12.3 Å². The number of rotatable bonds is 4. The third-order valence-corrected chi connectivity index (χ3v) is 3.68. The number of hydrogen-bond donors (Lipinski definition) is 0. The van der Waals surface area contributed by atoms with Crippen LogP contribution in [0, 0.1) is 5.92 Å². The maximum Gasteiger partial charge on any atom is 0.255 e. The fourth-order valence-electron chi connectivity index (χ4n) is 2.06. The van der Waals surface area contributed by atoms with E-state index in [4.69, 9.17) is 11.6 Å². The number of carbonyl (C=O) groups is 1. The van der Waals surface area contributed by atoms with Gasteiger partial charge in [0.05, 0.1) is 10.6 Å². The third kappa shape index (κ3) is 2.78. The summed E-state index contributed by atoms with van der Waals surface area (Å²) in [5.74, 6) is 0.700. The number of nitrogens with zero attached hydrogens (tertiary/aromatic N) is 2. The van der Waals surface area contributed by atoms with Crippen LogP contribution < -0.4 is 0 Å². The lowest BCUT2D eigenvalue weighted by atomic mass is 9.85. The van der Waals surface area contributed by atoms with Crippen LogP contribution in [0.4, 0.5) is 0 Å². The molecule has 1 aliphatic rings. The Morgan fingerprint density at radius 1 is 1.59 bits per heavy atom. The number of pyridine rings is 1. The summed E-state index contributed by atoms with van der Waals surface area (Å²) in [5.41, 5.74) is 0.558. The van der Waals surface area contributed by atoms with Crippen LogP contribution in [-0.2, 0) is 0 Å². The SMILES string of the molecule is CCN(CC1CCC1)C(=O)c1ccncc1Cl. The number of hydrogen-bond acceptors (Lipinski definition) is 2. The van der Waals surface area contributed by atoms with Gasteiger partial charge in [0.25, 0.3) is 5.91 Å². The molecule has 17 heavy (non-hydrogen) atoms. The molecule has 1 fully saturated rings. The van der Waals surface area contributed by atoms with Gasteiger partial charge < -0.3 is 4.90 Å². The molecule has 3 nitrogen and oxygen atoms in total. The van der Waals surface area contributed by atoms with E-state index in [1.807, 2.05) is 11.8 Å². The van der Waals surface area contributed by atoms with Crippen LogP contribution in [0.25, 0.3) is 0 Å². The Morgan fingerprint density at radius 2 is 2.35 bits per heavy atom. The lowest BCUT2D eigenvalue weighted by Crippen LogP contribution is -2.37. The van der Waals surface area contributed by atoms with Crippen molar-refractivity contribution in [3.05, 3.63) is 29.0 Å². The van der Waals surface area contributed by atoms with Crippen molar-refractivity contribution in [2.75, 3.05) is 13.1 Å². The highest BCUT2D eigenvalue weighted by atomic mass is 35.5. The molecule has 0 unspecified atom stereocenters. The van der Waals surface area contributed by atoms with Gasteiger partial charge in [0.1, 0.15) is 0 Å². The average molecular weight is 253 g/mol. The van der Waals surface area contributed by atoms with Crippen LogP contribution in [0.15, 0.2) is 18.5 Å². The highest BCUT2D eigenvalue weighted by Crippen LogP contribution is 2.28. The van der Waals surface area contributed by atoms with E-state index in [0.29, 0.717) is 16.5 Å². The molecule has 0 saturated heterocycles. The minimum atomic E-state index is 0.0202. The summed E-state index contributed by atoms with van der Waals surface area (Å²) in [5, 5.41) is 0.435. The van der Waals surface area contributed by atoms with Crippen molar-refractivity contribution >= 4 is 17.5 Å². The Hall–Kier alpha value is -1.09. The van der Waals surface area contributed by atoms with E-state index >= 15 is 0 Å². The molecule has 2 rings (SSSR count). The molecule has 92 valence electrons. The smallest absolute Gasteiger partial charge is 0.255 e. The van der Waals surface area contributed by atoms with Gasteiger partial charge in [0.2, 0.25) is 0 Å². The Balaban J connectivity index is 2.08. The predicted octanol–water partition coefficient (Wildman–Crippen LogP) is 3.00.